The lowest BCUT2D eigenvalue weighted by molar-refractivity contribution is -0.120. The molecular weight excluding hydrogens is 196 g/mol. The molecular formula is C10H20N2OS. The Balaban J connectivity index is 1.81. The van der Waals surface area contributed by atoms with Crippen LogP contribution in [0.25, 0.3) is 0 Å². The third-order valence-electron chi connectivity index (χ3n) is 2.27. The summed E-state index contributed by atoms with van der Waals surface area (Å²) in [5.74, 6) is 2.08. The molecule has 1 rings (SSSR count). The normalized spacial score (nSPS) is 15.5. The zero-order valence-corrected chi connectivity index (χ0v) is 9.66. The summed E-state index contributed by atoms with van der Waals surface area (Å²) < 4.78 is 0. The van der Waals surface area contributed by atoms with Crippen molar-refractivity contribution in [2.45, 2.75) is 19.3 Å². The maximum absolute atomic E-state index is 11.2. The highest BCUT2D eigenvalue weighted by Crippen LogP contribution is 2.27. The Kier molecular flexibility index (Phi) is 6.03. The van der Waals surface area contributed by atoms with Crippen molar-refractivity contribution in [3.63, 3.8) is 0 Å². The van der Waals surface area contributed by atoms with E-state index in [2.05, 4.69) is 16.9 Å². The molecule has 0 heterocycles. The third kappa shape index (κ3) is 6.27. The molecule has 0 aromatic rings. The lowest BCUT2D eigenvalue weighted by atomic mass is 10.4. The summed E-state index contributed by atoms with van der Waals surface area (Å²) >= 11 is 1.84. The molecule has 0 saturated heterocycles. The van der Waals surface area contributed by atoms with Crippen LogP contribution in [0.1, 0.15) is 19.3 Å². The maximum atomic E-state index is 11.2. The molecule has 14 heavy (non-hydrogen) atoms. The largest absolute Gasteiger partial charge is 0.355 e. The van der Waals surface area contributed by atoms with Crippen molar-refractivity contribution in [2.75, 3.05) is 31.6 Å². The second-order valence-electron chi connectivity index (χ2n) is 3.77. The molecule has 1 aliphatic carbocycles. The fourth-order valence-electron chi connectivity index (χ4n) is 1.19. The first-order valence-electron chi connectivity index (χ1n) is 5.29. The van der Waals surface area contributed by atoms with Crippen LogP contribution in [0.2, 0.25) is 0 Å². The summed E-state index contributed by atoms with van der Waals surface area (Å²) in [6, 6.07) is 0. The summed E-state index contributed by atoms with van der Waals surface area (Å²) in [4.78, 5) is 11.2. The van der Waals surface area contributed by atoms with Gasteiger partial charge in [0.15, 0.2) is 0 Å². The zero-order chi connectivity index (χ0) is 10.2. The molecule has 0 unspecified atom stereocenters. The Morgan fingerprint density at radius 3 is 2.93 bits per heavy atom. The van der Waals surface area contributed by atoms with Gasteiger partial charge in [-0.2, -0.15) is 11.8 Å². The molecule has 0 bridgehead atoms. The van der Waals surface area contributed by atoms with Gasteiger partial charge in [0.25, 0.3) is 0 Å². The van der Waals surface area contributed by atoms with Gasteiger partial charge in [0.2, 0.25) is 5.91 Å². The van der Waals surface area contributed by atoms with E-state index in [0.29, 0.717) is 6.54 Å². The van der Waals surface area contributed by atoms with Gasteiger partial charge in [-0.25, -0.2) is 0 Å². The van der Waals surface area contributed by atoms with E-state index in [-0.39, 0.29) is 5.91 Å². The highest BCUT2D eigenvalue weighted by molar-refractivity contribution is 7.98. The first-order chi connectivity index (χ1) is 6.83. The minimum Gasteiger partial charge on any atom is -0.355 e. The second kappa shape index (κ2) is 7.12. The molecule has 1 fully saturated rings. The summed E-state index contributed by atoms with van der Waals surface area (Å²) in [5.41, 5.74) is 0. The van der Waals surface area contributed by atoms with Crippen LogP contribution in [0.15, 0.2) is 0 Å². The number of thioether (sulfide) groups is 1. The van der Waals surface area contributed by atoms with Crippen LogP contribution in [0.4, 0.5) is 0 Å². The predicted octanol–water partition coefficient (Wildman–Crippen LogP) is 0.855. The van der Waals surface area contributed by atoms with Gasteiger partial charge >= 0.3 is 0 Å². The Morgan fingerprint density at radius 1 is 1.50 bits per heavy atom. The highest BCUT2D eigenvalue weighted by Gasteiger charge is 2.21. The Labute approximate surface area is 90.4 Å². The molecule has 0 aromatic carbocycles. The molecule has 4 heteroatoms. The van der Waals surface area contributed by atoms with E-state index in [9.17, 15) is 4.79 Å². The van der Waals surface area contributed by atoms with Crippen molar-refractivity contribution >= 4 is 17.7 Å². The van der Waals surface area contributed by atoms with Gasteiger partial charge in [-0.1, -0.05) is 0 Å². The van der Waals surface area contributed by atoms with E-state index >= 15 is 0 Å². The SMILES string of the molecule is CSCCCNCC(=O)NCC1CC1. The van der Waals surface area contributed by atoms with Crippen LogP contribution in [0.3, 0.4) is 0 Å². The van der Waals surface area contributed by atoms with Crippen molar-refractivity contribution in [3.8, 4) is 0 Å². The number of amides is 1. The molecule has 1 aliphatic rings. The maximum Gasteiger partial charge on any atom is 0.233 e. The highest BCUT2D eigenvalue weighted by atomic mass is 32.2. The van der Waals surface area contributed by atoms with Crippen molar-refractivity contribution in [3.05, 3.63) is 0 Å². The van der Waals surface area contributed by atoms with E-state index in [4.69, 9.17) is 0 Å². The van der Waals surface area contributed by atoms with Crippen LogP contribution in [-0.2, 0) is 4.79 Å². The fourth-order valence-corrected chi connectivity index (χ4v) is 1.62. The monoisotopic (exact) mass is 216 g/mol. The fraction of sp³-hybridized carbons (Fsp3) is 0.900. The first-order valence-corrected chi connectivity index (χ1v) is 6.68. The number of hydrogen-bond acceptors (Lipinski definition) is 3. The van der Waals surface area contributed by atoms with Crippen molar-refractivity contribution < 1.29 is 4.79 Å². The second-order valence-corrected chi connectivity index (χ2v) is 4.76. The first kappa shape index (κ1) is 11.9. The van der Waals surface area contributed by atoms with Crippen LogP contribution in [-0.4, -0.2) is 37.6 Å². The van der Waals surface area contributed by atoms with Gasteiger partial charge in [0, 0.05) is 6.54 Å². The molecule has 2 N–H and O–H groups in total. The Hall–Kier alpha value is -0.220. The molecule has 0 atom stereocenters. The average Bonchev–Trinajstić information content (AvgIpc) is 2.98. The minimum atomic E-state index is 0.140. The van der Waals surface area contributed by atoms with Crippen molar-refractivity contribution in [2.24, 2.45) is 5.92 Å². The molecule has 82 valence electrons. The topological polar surface area (TPSA) is 41.1 Å². The number of rotatable bonds is 8. The van der Waals surface area contributed by atoms with Crippen molar-refractivity contribution in [1.82, 2.24) is 10.6 Å². The summed E-state index contributed by atoms with van der Waals surface area (Å²) in [6.07, 6.45) is 5.82. The summed E-state index contributed by atoms with van der Waals surface area (Å²) in [5, 5.41) is 6.07. The van der Waals surface area contributed by atoms with E-state index in [0.717, 1.165) is 31.2 Å². The average molecular weight is 216 g/mol. The minimum absolute atomic E-state index is 0.140. The Bertz CT molecular complexity index is 172. The van der Waals surface area contributed by atoms with E-state index in [1.165, 1.54) is 12.8 Å². The Morgan fingerprint density at radius 2 is 2.29 bits per heavy atom. The molecule has 0 aromatic heterocycles. The molecule has 0 aliphatic heterocycles. The van der Waals surface area contributed by atoms with Gasteiger partial charge in [0.05, 0.1) is 6.54 Å². The predicted molar refractivity (Wildman–Crippen MR) is 61.6 cm³/mol. The standard InChI is InChI=1S/C10H20N2OS/c1-14-6-2-5-11-8-10(13)12-7-9-3-4-9/h9,11H,2-8H2,1H3,(H,12,13). The number of nitrogens with one attached hydrogen (secondary N) is 2. The van der Waals surface area contributed by atoms with Gasteiger partial charge in [-0.3, -0.25) is 4.79 Å². The van der Waals surface area contributed by atoms with Crippen LogP contribution < -0.4 is 10.6 Å². The van der Waals surface area contributed by atoms with Gasteiger partial charge in [-0.15, -0.1) is 0 Å². The lowest BCUT2D eigenvalue weighted by Gasteiger charge is -2.05. The van der Waals surface area contributed by atoms with Crippen LogP contribution >= 0.6 is 11.8 Å². The quantitative estimate of drug-likeness (QED) is 0.591. The molecule has 0 spiro atoms. The summed E-state index contributed by atoms with van der Waals surface area (Å²) in [7, 11) is 0. The van der Waals surface area contributed by atoms with E-state index in [1.54, 1.807) is 0 Å². The molecule has 3 nitrogen and oxygen atoms in total. The molecule has 0 radical (unpaired) electrons. The van der Waals surface area contributed by atoms with Gasteiger partial charge < -0.3 is 10.6 Å². The smallest absolute Gasteiger partial charge is 0.233 e. The summed E-state index contributed by atoms with van der Waals surface area (Å²) in [6.45, 7) is 2.30. The van der Waals surface area contributed by atoms with E-state index < -0.39 is 0 Å². The lowest BCUT2D eigenvalue weighted by Crippen LogP contribution is -2.35. The van der Waals surface area contributed by atoms with Gasteiger partial charge in [0.1, 0.15) is 0 Å². The van der Waals surface area contributed by atoms with Crippen LogP contribution in [0, 0.1) is 5.92 Å². The van der Waals surface area contributed by atoms with E-state index in [1.807, 2.05) is 11.8 Å². The zero-order valence-electron chi connectivity index (χ0n) is 8.84. The number of carbonyl (C=O) groups is 1. The van der Waals surface area contributed by atoms with Crippen LogP contribution in [0.5, 0.6) is 0 Å². The van der Waals surface area contributed by atoms with Gasteiger partial charge in [-0.05, 0) is 43.7 Å². The number of carbonyl (C=O) groups excluding carboxylic acids is 1. The van der Waals surface area contributed by atoms with Crippen molar-refractivity contribution in [1.29, 1.82) is 0 Å². The molecule has 1 amide bonds. The number of hydrogen-bond donors (Lipinski definition) is 2. The molecule has 1 saturated carbocycles. The third-order valence-corrected chi connectivity index (χ3v) is 2.97.